The monoisotopic (exact) mass is 239 g/mol. The van der Waals surface area contributed by atoms with Gasteiger partial charge in [0.15, 0.2) is 0 Å². The van der Waals surface area contributed by atoms with Gasteiger partial charge < -0.3 is 10.4 Å². The zero-order valence-corrected chi connectivity index (χ0v) is 10.3. The van der Waals surface area contributed by atoms with Crippen LogP contribution in [0.3, 0.4) is 0 Å². The lowest BCUT2D eigenvalue weighted by atomic mass is 10.2. The molecule has 0 radical (unpaired) electrons. The summed E-state index contributed by atoms with van der Waals surface area (Å²) in [6.07, 6.45) is 4.20. The van der Waals surface area contributed by atoms with E-state index in [0.29, 0.717) is 0 Å². The van der Waals surface area contributed by atoms with Crippen LogP contribution in [0.25, 0.3) is 0 Å². The second-order valence-corrected chi connectivity index (χ2v) is 5.31. The topological polar surface area (TPSA) is 49.3 Å². The predicted octanol–water partition coefficient (Wildman–Crippen LogP) is 1.74. The van der Waals surface area contributed by atoms with Crippen molar-refractivity contribution in [1.82, 2.24) is 5.32 Å². The predicted molar refractivity (Wildman–Crippen MR) is 65.0 cm³/mol. The van der Waals surface area contributed by atoms with Gasteiger partial charge in [-0.05, 0) is 37.3 Å². The van der Waals surface area contributed by atoms with Gasteiger partial charge in [0, 0.05) is 4.88 Å². The van der Waals surface area contributed by atoms with Crippen LogP contribution in [0.15, 0.2) is 6.07 Å². The molecule has 2 N–H and O–H groups in total. The van der Waals surface area contributed by atoms with Crippen LogP contribution < -0.4 is 5.32 Å². The molecule has 4 heteroatoms. The third kappa shape index (κ3) is 2.28. The van der Waals surface area contributed by atoms with E-state index in [1.165, 1.54) is 16.9 Å². The van der Waals surface area contributed by atoms with E-state index in [1.54, 1.807) is 11.3 Å². The van der Waals surface area contributed by atoms with Crippen molar-refractivity contribution in [2.75, 3.05) is 6.61 Å². The van der Waals surface area contributed by atoms with Crippen LogP contribution in [-0.4, -0.2) is 23.7 Å². The highest BCUT2D eigenvalue weighted by Crippen LogP contribution is 2.30. The smallest absolute Gasteiger partial charge is 0.261 e. The number of fused-ring (bicyclic) bond motifs is 1. The zero-order valence-electron chi connectivity index (χ0n) is 9.45. The third-order valence-electron chi connectivity index (χ3n) is 3.02. The molecule has 0 aliphatic heterocycles. The first-order valence-electron chi connectivity index (χ1n) is 5.78. The normalized spacial score (nSPS) is 15.9. The second kappa shape index (κ2) is 4.97. The summed E-state index contributed by atoms with van der Waals surface area (Å²) in [5.41, 5.74) is 1.34. The molecule has 1 aromatic heterocycles. The summed E-state index contributed by atoms with van der Waals surface area (Å²) in [5, 5.41) is 11.9. The Morgan fingerprint density at radius 2 is 2.44 bits per heavy atom. The van der Waals surface area contributed by atoms with Crippen LogP contribution in [0.5, 0.6) is 0 Å². The molecule has 1 heterocycles. The average Bonchev–Trinajstić information content (AvgIpc) is 2.85. The Hall–Kier alpha value is -0.870. The van der Waals surface area contributed by atoms with Crippen molar-refractivity contribution in [3.8, 4) is 0 Å². The molecule has 0 unspecified atom stereocenters. The molecule has 2 rings (SSSR count). The van der Waals surface area contributed by atoms with Gasteiger partial charge in [0.25, 0.3) is 5.91 Å². The van der Waals surface area contributed by atoms with Crippen LogP contribution in [0.1, 0.15) is 39.9 Å². The summed E-state index contributed by atoms with van der Waals surface area (Å²) in [7, 11) is 0. The number of carbonyl (C=O) groups excluding carboxylic acids is 1. The summed E-state index contributed by atoms with van der Waals surface area (Å²) in [6, 6.07) is 1.89. The summed E-state index contributed by atoms with van der Waals surface area (Å²) in [6.45, 7) is 1.96. The minimum Gasteiger partial charge on any atom is -0.394 e. The van der Waals surface area contributed by atoms with Crippen LogP contribution in [-0.2, 0) is 12.8 Å². The van der Waals surface area contributed by atoms with Gasteiger partial charge in [-0.25, -0.2) is 0 Å². The Balaban J connectivity index is 2.03. The number of amides is 1. The molecule has 0 bridgehead atoms. The fraction of sp³-hybridized carbons (Fsp3) is 0.583. The van der Waals surface area contributed by atoms with E-state index in [9.17, 15) is 4.79 Å². The van der Waals surface area contributed by atoms with Gasteiger partial charge >= 0.3 is 0 Å². The molecule has 1 aliphatic rings. The van der Waals surface area contributed by atoms with E-state index < -0.39 is 0 Å². The second-order valence-electron chi connectivity index (χ2n) is 4.17. The van der Waals surface area contributed by atoms with Crippen molar-refractivity contribution >= 4 is 17.2 Å². The standard InChI is InChI=1S/C12H17NO2S/c1-2-9(7-14)13-12(15)11-6-8-4-3-5-10(8)16-11/h6,9,14H,2-5,7H2,1H3,(H,13,15)/t9-/m0/s1. The molecule has 0 saturated heterocycles. The number of aryl methyl sites for hydroxylation is 2. The Kier molecular flexibility index (Phi) is 3.61. The minimum atomic E-state index is -0.121. The molecule has 1 aromatic rings. The summed E-state index contributed by atoms with van der Waals surface area (Å²) < 4.78 is 0. The van der Waals surface area contributed by atoms with Gasteiger partial charge in [-0.3, -0.25) is 4.79 Å². The van der Waals surface area contributed by atoms with Crippen LogP contribution in [0, 0.1) is 0 Å². The van der Waals surface area contributed by atoms with Crippen molar-refractivity contribution in [2.24, 2.45) is 0 Å². The Morgan fingerprint density at radius 1 is 1.62 bits per heavy atom. The minimum absolute atomic E-state index is 0.00727. The number of hydrogen-bond acceptors (Lipinski definition) is 3. The van der Waals surface area contributed by atoms with E-state index in [1.807, 2.05) is 13.0 Å². The Bertz CT molecular complexity index is 361. The molecule has 0 saturated carbocycles. The number of aliphatic hydroxyl groups excluding tert-OH is 1. The van der Waals surface area contributed by atoms with Crippen molar-refractivity contribution in [2.45, 2.75) is 38.6 Å². The highest BCUT2D eigenvalue weighted by molar-refractivity contribution is 7.14. The third-order valence-corrected chi connectivity index (χ3v) is 4.25. The molecule has 1 aliphatic carbocycles. The van der Waals surface area contributed by atoms with Gasteiger partial charge in [0.05, 0.1) is 17.5 Å². The van der Waals surface area contributed by atoms with Gasteiger partial charge in [0.2, 0.25) is 0 Å². The Morgan fingerprint density at radius 3 is 3.06 bits per heavy atom. The average molecular weight is 239 g/mol. The van der Waals surface area contributed by atoms with Gasteiger partial charge in [0.1, 0.15) is 0 Å². The van der Waals surface area contributed by atoms with Crippen LogP contribution >= 0.6 is 11.3 Å². The zero-order chi connectivity index (χ0) is 11.5. The maximum absolute atomic E-state index is 11.9. The first kappa shape index (κ1) is 11.6. The summed E-state index contributed by atoms with van der Waals surface area (Å²) >= 11 is 1.60. The number of thiophene rings is 1. The largest absolute Gasteiger partial charge is 0.394 e. The van der Waals surface area contributed by atoms with Crippen molar-refractivity contribution < 1.29 is 9.90 Å². The maximum Gasteiger partial charge on any atom is 0.261 e. The first-order chi connectivity index (χ1) is 7.74. The molecule has 0 fully saturated rings. The summed E-state index contributed by atoms with van der Waals surface area (Å²) in [5.74, 6) is -0.0414. The van der Waals surface area contributed by atoms with Crippen LogP contribution in [0.2, 0.25) is 0 Å². The number of hydrogen-bond donors (Lipinski definition) is 2. The number of rotatable bonds is 4. The Labute approximate surface area is 99.5 Å². The molecule has 3 nitrogen and oxygen atoms in total. The SMILES string of the molecule is CC[C@@H](CO)NC(=O)c1cc2c(s1)CCC2. The lowest BCUT2D eigenvalue weighted by Gasteiger charge is -2.12. The fourth-order valence-electron chi connectivity index (χ4n) is 1.97. The molecule has 1 atom stereocenters. The highest BCUT2D eigenvalue weighted by atomic mass is 32.1. The summed E-state index contributed by atoms with van der Waals surface area (Å²) in [4.78, 5) is 14.0. The van der Waals surface area contributed by atoms with E-state index in [0.717, 1.165) is 24.1 Å². The number of nitrogens with one attached hydrogen (secondary N) is 1. The van der Waals surface area contributed by atoms with Gasteiger partial charge in [-0.2, -0.15) is 0 Å². The molecule has 1 amide bonds. The van der Waals surface area contributed by atoms with E-state index in [4.69, 9.17) is 5.11 Å². The highest BCUT2D eigenvalue weighted by Gasteiger charge is 2.19. The molecular weight excluding hydrogens is 222 g/mol. The number of aliphatic hydroxyl groups is 1. The van der Waals surface area contributed by atoms with E-state index in [-0.39, 0.29) is 18.6 Å². The lowest BCUT2D eigenvalue weighted by Crippen LogP contribution is -2.36. The van der Waals surface area contributed by atoms with E-state index >= 15 is 0 Å². The van der Waals surface area contributed by atoms with Crippen molar-refractivity contribution in [3.63, 3.8) is 0 Å². The molecule has 16 heavy (non-hydrogen) atoms. The lowest BCUT2D eigenvalue weighted by molar-refractivity contribution is 0.0919. The molecule has 0 aromatic carbocycles. The van der Waals surface area contributed by atoms with Crippen LogP contribution in [0.4, 0.5) is 0 Å². The fourth-order valence-corrected chi connectivity index (χ4v) is 3.13. The molecular formula is C12H17NO2S. The molecule has 88 valence electrons. The number of carbonyl (C=O) groups is 1. The van der Waals surface area contributed by atoms with Crippen molar-refractivity contribution in [3.05, 3.63) is 21.4 Å². The molecule has 0 spiro atoms. The maximum atomic E-state index is 11.9. The first-order valence-corrected chi connectivity index (χ1v) is 6.59. The van der Waals surface area contributed by atoms with Crippen molar-refractivity contribution in [1.29, 1.82) is 0 Å². The van der Waals surface area contributed by atoms with E-state index in [2.05, 4.69) is 5.32 Å². The quantitative estimate of drug-likeness (QED) is 0.841. The van der Waals surface area contributed by atoms with Gasteiger partial charge in [-0.15, -0.1) is 11.3 Å². The van der Waals surface area contributed by atoms with Gasteiger partial charge in [-0.1, -0.05) is 6.92 Å².